The van der Waals surface area contributed by atoms with Crippen molar-refractivity contribution < 1.29 is 9.59 Å². The van der Waals surface area contributed by atoms with Gasteiger partial charge in [-0.3, -0.25) is 9.59 Å². The van der Waals surface area contributed by atoms with Gasteiger partial charge in [0, 0.05) is 30.0 Å². The second kappa shape index (κ2) is 10.4. The van der Waals surface area contributed by atoms with Crippen molar-refractivity contribution >= 4 is 41.0 Å². The molecule has 0 fully saturated rings. The molecule has 2 amide bonds. The minimum atomic E-state index is -0.366. The zero-order valence-corrected chi connectivity index (χ0v) is 17.4. The normalized spacial score (nSPS) is 11.0. The van der Waals surface area contributed by atoms with Crippen LogP contribution >= 0.6 is 23.5 Å². The molecule has 0 bridgehead atoms. The number of benzene rings is 1. The monoisotopic (exact) mass is 407 g/mol. The SMILES string of the molecule is CSc1ccc(NC(=O)CSc2nnc(CCC(N)=O)n2CC(C)C)cc1. The maximum absolute atomic E-state index is 12.2. The minimum Gasteiger partial charge on any atom is -0.370 e. The van der Waals surface area contributed by atoms with E-state index in [1.807, 2.05) is 35.1 Å². The minimum absolute atomic E-state index is 0.102. The van der Waals surface area contributed by atoms with E-state index in [-0.39, 0.29) is 24.0 Å². The van der Waals surface area contributed by atoms with Gasteiger partial charge in [-0.25, -0.2) is 0 Å². The number of nitrogens with one attached hydrogen (secondary N) is 1. The lowest BCUT2D eigenvalue weighted by Crippen LogP contribution is -2.16. The standard InChI is InChI=1S/C18H25N5O2S2/c1-12(2)10-23-16(9-8-15(19)24)21-22-18(23)27-11-17(25)20-13-4-6-14(26-3)7-5-13/h4-7,12H,8-11H2,1-3H3,(H2,19,24)(H,20,25). The molecule has 27 heavy (non-hydrogen) atoms. The van der Waals surface area contributed by atoms with Gasteiger partial charge in [0.05, 0.1) is 5.75 Å². The lowest BCUT2D eigenvalue weighted by atomic mass is 10.2. The van der Waals surface area contributed by atoms with E-state index in [0.717, 1.165) is 23.0 Å². The van der Waals surface area contributed by atoms with Crippen molar-refractivity contribution in [1.29, 1.82) is 0 Å². The van der Waals surface area contributed by atoms with Gasteiger partial charge in [0.15, 0.2) is 5.16 Å². The summed E-state index contributed by atoms with van der Waals surface area (Å²) >= 11 is 2.99. The van der Waals surface area contributed by atoms with Crippen LogP contribution in [-0.2, 0) is 22.6 Å². The Kier molecular flexibility index (Phi) is 8.18. The quantitative estimate of drug-likeness (QED) is 0.587. The van der Waals surface area contributed by atoms with E-state index in [4.69, 9.17) is 5.73 Å². The molecule has 1 heterocycles. The highest BCUT2D eigenvalue weighted by atomic mass is 32.2. The lowest BCUT2D eigenvalue weighted by molar-refractivity contribution is -0.118. The number of nitrogens with zero attached hydrogens (tertiary/aromatic N) is 3. The van der Waals surface area contributed by atoms with E-state index in [2.05, 4.69) is 29.4 Å². The number of carbonyl (C=O) groups is 2. The molecule has 0 aliphatic rings. The van der Waals surface area contributed by atoms with Crippen LogP contribution in [0.15, 0.2) is 34.3 Å². The van der Waals surface area contributed by atoms with Crippen molar-refractivity contribution in [3.05, 3.63) is 30.1 Å². The van der Waals surface area contributed by atoms with Crippen molar-refractivity contribution in [2.24, 2.45) is 11.7 Å². The third-order valence-corrected chi connectivity index (χ3v) is 5.35. The molecule has 1 aromatic heterocycles. The number of carbonyl (C=O) groups excluding carboxylic acids is 2. The van der Waals surface area contributed by atoms with E-state index >= 15 is 0 Å². The van der Waals surface area contributed by atoms with Gasteiger partial charge in [0.25, 0.3) is 0 Å². The zero-order valence-electron chi connectivity index (χ0n) is 15.8. The molecule has 0 spiro atoms. The van der Waals surface area contributed by atoms with Gasteiger partial charge in [0.1, 0.15) is 5.82 Å². The van der Waals surface area contributed by atoms with Crippen LogP contribution in [0.25, 0.3) is 0 Å². The third kappa shape index (κ3) is 6.91. The first kappa shape index (κ1) is 21.3. The number of aromatic nitrogens is 3. The molecule has 0 aliphatic heterocycles. The summed E-state index contributed by atoms with van der Waals surface area (Å²) in [5, 5.41) is 11.9. The van der Waals surface area contributed by atoms with Gasteiger partial charge >= 0.3 is 0 Å². The molecule has 146 valence electrons. The Labute approximate surface area is 167 Å². The maximum Gasteiger partial charge on any atom is 0.234 e. The number of thioether (sulfide) groups is 2. The Morgan fingerprint density at radius 3 is 2.52 bits per heavy atom. The van der Waals surface area contributed by atoms with E-state index in [9.17, 15) is 9.59 Å². The van der Waals surface area contributed by atoms with E-state index < -0.39 is 0 Å². The highest BCUT2D eigenvalue weighted by molar-refractivity contribution is 7.99. The summed E-state index contributed by atoms with van der Waals surface area (Å²) in [6, 6.07) is 7.71. The molecular formula is C18H25N5O2S2. The van der Waals surface area contributed by atoms with Crippen LogP contribution in [0.5, 0.6) is 0 Å². The second-order valence-corrected chi connectivity index (χ2v) is 8.26. The zero-order chi connectivity index (χ0) is 19.8. The summed E-state index contributed by atoms with van der Waals surface area (Å²) in [4.78, 5) is 24.4. The fourth-order valence-corrected chi connectivity index (χ4v) is 3.57. The first-order valence-electron chi connectivity index (χ1n) is 8.66. The van der Waals surface area contributed by atoms with Crippen molar-refractivity contribution in [2.75, 3.05) is 17.3 Å². The number of hydrogen-bond donors (Lipinski definition) is 2. The highest BCUT2D eigenvalue weighted by Gasteiger charge is 2.16. The largest absolute Gasteiger partial charge is 0.370 e. The van der Waals surface area contributed by atoms with E-state index in [1.54, 1.807) is 11.8 Å². The molecule has 0 saturated carbocycles. The summed E-state index contributed by atoms with van der Waals surface area (Å²) in [6.45, 7) is 4.91. The molecule has 0 aliphatic carbocycles. The molecule has 0 saturated heterocycles. The third-order valence-electron chi connectivity index (χ3n) is 3.64. The summed E-state index contributed by atoms with van der Waals surface area (Å²) in [5.41, 5.74) is 6.00. The maximum atomic E-state index is 12.2. The van der Waals surface area contributed by atoms with Gasteiger partial charge in [-0.2, -0.15) is 0 Å². The van der Waals surface area contributed by atoms with Gasteiger partial charge in [-0.15, -0.1) is 22.0 Å². The van der Waals surface area contributed by atoms with Crippen molar-refractivity contribution in [3.8, 4) is 0 Å². The molecule has 0 atom stereocenters. The topological polar surface area (TPSA) is 103 Å². The fraction of sp³-hybridized carbons (Fsp3) is 0.444. The number of anilines is 1. The van der Waals surface area contributed by atoms with Crippen LogP contribution in [0.2, 0.25) is 0 Å². The molecule has 1 aromatic carbocycles. The van der Waals surface area contributed by atoms with Gasteiger partial charge in [0.2, 0.25) is 11.8 Å². The van der Waals surface area contributed by atoms with E-state index in [1.165, 1.54) is 11.8 Å². The smallest absolute Gasteiger partial charge is 0.234 e. The summed E-state index contributed by atoms with van der Waals surface area (Å²) in [7, 11) is 0. The van der Waals surface area contributed by atoms with Gasteiger partial charge in [-0.1, -0.05) is 25.6 Å². The second-order valence-electron chi connectivity index (χ2n) is 6.43. The van der Waals surface area contributed by atoms with Crippen LogP contribution < -0.4 is 11.1 Å². The number of aryl methyl sites for hydroxylation is 1. The van der Waals surface area contributed by atoms with Crippen molar-refractivity contribution in [1.82, 2.24) is 14.8 Å². The molecule has 0 unspecified atom stereocenters. The lowest BCUT2D eigenvalue weighted by Gasteiger charge is -2.12. The number of nitrogens with two attached hydrogens (primary N) is 1. The molecule has 2 aromatic rings. The molecule has 2 rings (SSSR count). The first-order valence-corrected chi connectivity index (χ1v) is 10.9. The van der Waals surface area contributed by atoms with Crippen LogP contribution in [0.4, 0.5) is 5.69 Å². The Bertz CT molecular complexity index is 775. The highest BCUT2D eigenvalue weighted by Crippen LogP contribution is 2.21. The molecule has 3 N–H and O–H groups in total. The summed E-state index contributed by atoms with van der Waals surface area (Å²) < 4.78 is 1.97. The van der Waals surface area contributed by atoms with Crippen LogP contribution in [-0.4, -0.2) is 38.6 Å². The Balaban J connectivity index is 1.98. The number of amides is 2. The Morgan fingerprint density at radius 2 is 1.93 bits per heavy atom. The van der Waals surface area contributed by atoms with Crippen LogP contribution in [0.1, 0.15) is 26.1 Å². The summed E-state index contributed by atoms with van der Waals surface area (Å²) in [5.74, 6) is 0.871. The average Bonchev–Trinajstić information content (AvgIpc) is 3.00. The van der Waals surface area contributed by atoms with Crippen LogP contribution in [0, 0.1) is 5.92 Å². The predicted octanol–water partition coefficient (Wildman–Crippen LogP) is 2.80. The van der Waals surface area contributed by atoms with Gasteiger partial charge < -0.3 is 15.6 Å². The van der Waals surface area contributed by atoms with Crippen LogP contribution in [0.3, 0.4) is 0 Å². The fourth-order valence-electron chi connectivity index (χ4n) is 2.40. The summed E-state index contributed by atoms with van der Waals surface area (Å²) in [6.07, 6.45) is 2.69. The number of primary amides is 1. The van der Waals surface area contributed by atoms with Crippen molar-refractivity contribution in [2.45, 2.75) is 43.3 Å². The first-order chi connectivity index (χ1) is 12.9. The molecule has 9 heteroatoms. The molecule has 0 radical (unpaired) electrons. The predicted molar refractivity (Wildman–Crippen MR) is 110 cm³/mol. The number of hydrogen-bond acceptors (Lipinski definition) is 6. The molecule has 7 nitrogen and oxygen atoms in total. The Hall–Kier alpha value is -2.00. The average molecular weight is 408 g/mol. The van der Waals surface area contributed by atoms with Crippen molar-refractivity contribution in [3.63, 3.8) is 0 Å². The van der Waals surface area contributed by atoms with Gasteiger partial charge in [-0.05, 0) is 36.4 Å². The van der Waals surface area contributed by atoms with E-state index in [0.29, 0.717) is 17.5 Å². The Morgan fingerprint density at radius 1 is 1.22 bits per heavy atom. The molecular weight excluding hydrogens is 382 g/mol. The number of rotatable bonds is 10.